The highest BCUT2D eigenvalue weighted by Crippen LogP contribution is 2.48. The van der Waals surface area contributed by atoms with Gasteiger partial charge in [-0.1, -0.05) is 60.1 Å². The van der Waals surface area contributed by atoms with Crippen molar-refractivity contribution in [3.63, 3.8) is 0 Å². The van der Waals surface area contributed by atoms with E-state index in [0.29, 0.717) is 22.8 Å². The second kappa shape index (κ2) is 9.87. The highest BCUT2D eigenvalue weighted by atomic mass is 79.9. The molecule has 2 atom stereocenters. The molecule has 36 heavy (non-hydrogen) atoms. The summed E-state index contributed by atoms with van der Waals surface area (Å²) in [7, 11) is 0. The summed E-state index contributed by atoms with van der Waals surface area (Å²) in [5.41, 5.74) is 3.72. The molecule has 1 aliphatic carbocycles. The maximum Gasteiger partial charge on any atom is 0.226 e. The van der Waals surface area contributed by atoms with Crippen LogP contribution >= 0.6 is 27.5 Å². The molecule has 8 heteroatoms. The highest BCUT2D eigenvalue weighted by molar-refractivity contribution is 9.10. The molecule has 2 aliphatic rings. The Morgan fingerprint density at radius 1 is 1.08 bits per heavy atom. The van der Waals surface area contributed by atoms with Crippen molar-refractivity contribution in [3.05, 3.63) is 81.9 Å². The molecule has 2 fully saturated rings. The second-order valence-corrected chi connectivity index (χ2v) is 11.0. The minimum Gasteiger partial charge on any atom is -0.370 e. The van der Waals surface area contributed by atoms with E-state index in [1.165, 1.54) is 5.56 Å². The van der Waals surface area contributed by atoms with Crippen molar-refractivity contribution in [2.75, 3.05) is 25.0 Å². The molecule has 0 spiro atoms. The number of hydrogen-bond acceptors (Lipinski definition) is 4. The van der Waals surface area contributed by atoms with Crippen LogP contribution in [0.15, 0.2) is 71.3 Å². The van der Waals surface area contributed by atoms with E-state index in [2.05, 4.69) is 55.5 Å². The Bertz CT molecular complexity index is 1400. The van der Waals surface area contributed by atoms with Gasteiger partial charge in [-0.15, -0.1) is 0 Å². The summed E-state index contributed by atoms with van der Waals surface area (Å²) in [6.07, 6.45) is 4.73. The lowest BCUT2D eigenvalue weighted by molar-refractivity contribution is -0.134. The van der Waals surface area contributed by atoms with E-state index < -0.39 is 0 Å². The fourth-order valence-electron chi connectivity index (χ4n) is 5.25. The summed E-state index contributed by atoms with van der Waals surface area (Å²) < 4.78 is 2.65. The van der Waals surface area contributed by atoms with Gasteiger partial charge in [-0.3, -0.25) is 4.79 Å². The first-order valence-electron chi connectivity index (χ1n) is 12.5. The van der Waals surface area contributed by atoms with Gasteiger partial charge in [0.05, 0.1) is 16.4 Å². The molecule has 0 radical (unpaired) electrons. The van der Waals surface area contributed by atoms with Gasteiger partial charge in [0.2, 0.25) is 5.91 Å². The zero-order chi connectivity index (χ0) is 24.6. The van der Waals surface area contributed by atoms with Gasteiger partial charge in [-0.05, 0) is 58.7 Å². The van der Waals surface area contributed by atoms with Crippen molar-refractivity contribution < 1.29 is 4.79 Å². The molecule has 1 saturated heterocycles. The number of carbonyl (C=O) groups is 1. The molecule has 1 saturated carbocycles. The van der Waals surface area contributed by atoms with Crippen LogP contribution in [-0.2, 0) is 4.79 Å². The summed E-state index contributed by atoms with van der Waals surface area (Å²) in [5.74, 6) is 2.26. The molecular formula is C28H27BrClN5O. The van der Waals surface area contributed by atoms with E-state index in [0.717, 1.165) is 66.1 Å². The number of likely N-dealkylation sites (tertiary alicyclic amines) is 1. The minimum absolute atomic E-state index is 0.161. The van der Waals surface area contributed by atoms with Gasteiger partial charge in [0.1, 0.15) is 5.82 Å². The Kier molecular flexibility index (Phi) is 6.44. The Labute approximate surface area is 223 Å². The van der Waals surface area contributed by atoms with E-state index in [-0.39, 0.29) is 5.92 Å². The number of hydrogen-bond donors (Lipinski definition) is 1. The number of aromatic nitrogens is 3. The van der Waals surface area contributed by atoms with Gasteiger partial charge in [0.15, 0.2) is 5.65 Å². The van der Waals surface area contributed by atoms with Crippen LogP contribution in [0, 0.1) is 11.8 Å². The van der Waals surface area contributed by atoms with Crippen molar-refractivity contribution in [1.82, 2.24) is 19.5 Å². The number of benzene rings is 2. The van der Waals surface area contributed by atoms with Crippen molar-refractivity contribution in [2.24, 2.45) is 11.8 Å². The zero-order valence-electron chi connectivity index (χ0n) is 19.8. The molecule has 184 valence electrons. The minimum atomic E-state index is 0.161. The Balaban J connectivity index is 1.10. The third-order valence-corrected chi connectivity index (χ3v) is 8.30. The van der Waals surface area contributed by atoms with Gasteiger partial charge in [-0.2, -0.15) is 9.61 Å². The lowest BCUT2D eigenvalue weighted by Gasteiger charge is -2.32. The summed E-state index contributed by atoms with van der Waals surface area (Å²) in [5, 5.41) is 8.76. The Morgan fingerprint density at radius 2 is 1.83 bits per heavy atom. The average Bonchev–Trinajstić information content (AvgIpc) is 3.64. The van der Waals surface area contributed by atoms with Gasteiger partial charge in [0.25, 0.3) is 0 Å². The smallest absolute Gasteiger partial charge is 0.226 e. The van der Waals surface area contributed by atoms with E-state index in [4.69, 9.17) is 16.6 Å². The fraction of sp³-hybridized carbons (Fsp3) is 0.321. The SMILES string of the molecule is O=C(C1C[C@H]1c1ccccc1)N1CCC(CNc2cc(-c3ccccc3Cl)nc3c(Br)cnn23)CC1. The van der Waals surface area contributed by atoms with Crippen LogP contribution in [0.25, 0.3) is 16.9 Å². The first kappa shape index (κ1) is 23.5. The lowest BCUT2D eigenvalue weighted by atomic mass is 9.96. The standard InChI is InChI=1S/C28H27BrClN5O/c29-23-17-32-35-26(15-25(33-27(23)35)20-8-4-5-9-24(20)30)31-16-18-10-12-34(13-11-18)28(36)22-14-21(22)19-6-2-1-3-7-19/h1-9,15,17-18,21-22,31H,10-14,16H2/t21-,22?/m0/s1. The van der Waals surface area contributed by atoms with Crippen LogP contribution in [-0.4, -0.2) is 45.0 Å². The Hall–Kier alpha value is -2.90. The van der Waals surface area contributed by atoms with Crippen LogP contribution in [0.1, 0.15) is 30.7 Å². The number of piperidine rings is 1. The van der Waals surface area contributed by atoms with Crippen molar-refractivity contribution in [1.29, 1.82) is 0 Å². The molecule has 1 amide bonds. The molecule has 6 rings (SSSR count). The van der Waals surface area contributed by atoms with Gasteiger partial charge in [0, 0.05) is 42.2 Å². The first-order chi connectivity index (χ1) is 17.6. The number of carbonyl (C=O) groups excluding carboxylic acids is 1. The van der Waals surface area contributed by atoms with Crippen molar-refractivity contribution >= 4 is 44.9 Å². The molecule has 1 unspecified atom stereocenters. The molecule has 3 heterocycles. The lowest BCUT2D eigenvalue weighted by Crippen LogP contribution is -2.40. The number of nitrogens with zero attached hydrogens (tertiary/aromatic N) is 4. The average molecular weight is 565 g/mol. The summed E-state index contributed by atoms with van der Waals surface area (Å²) in [6.45, 7) is 2.47. The third-order valence-electron chi connectivity index (χ3n) is 7.41. The van der Waals surface area contributed by atoms with Crippen LogP contribution < -0.4 is 5.32 Å². The molecule has 1 aliphatic heterocycles. The van der Waals surface area contributed by atoms with E-state index in [1.54, 1.807) is 6.20 Å². The quantitative estimate of drug-likeness (QED) is 0.300. The number of amides is 1. The largest absolute Gasteiger partial charge is 0.370 e. The summed E-state index contributed by atoms with van der Waals surface area (Å²) in [4.78, 5) is 19.9. The third kappa shape index (κ3) is 4.62. The number of fused-ring (bicyclic) bond motifs is 1. The second-order valence-electron chi connectivity index (χ2n) is 9.74. The van der Waals surface area contributed by atoms with E-state index in [9.17, 15) is 4.79 Å². The maximum atomic E-state index is 13.1. The predicted molar refractivity (Wildman–Crippen MR) is 146 cm³/mol. The van der Waals surface area contributed by atoms with Crippen LogP contribution in [0.3, 0.4) is 0 Å². The summed E-state index contributed by atoms with van der Waals surface area (Å²) in [6, 6.07) is 20.2. The molecule has 2 aromatic heterocycles. The first-order valence-corrected chi connectivity index (χ1v) is 13.6. The molecule has 6 nitrogen and oxygen atoms in total. The van der Waals surface area contributed by atoms with Gasteiger partial charge >= 0.3 is 0 Å². The molecule has 1 N–H and O–H groups in total. The number of anilines is 1. The van der Waals surface area contributed by atoms with Crippen LogP contribution in [0.4, 0.5) is 5.82 Å². The van der Waals surface area contributed by atoms with Gasteiger partial charge in [-0.25, -0.2) is 4.98 Å². The number of nitrogens with one attached hydrogen (secondary N) is 1. The highest BCUT2D eigenvalue weighted by Gasteiger charge is 2.46. The molecule has 2 aromatic carbocycles. The topological polar surface area (TPSA) is 62.5 Å². The fourth-order valence-corrected chi connectivity index (χ4v) is 5.83. The molecule has 0 bridgehead atoms. The number of rotatable bonds is 6. The normalized spacial score (nSPS) is 20.0. The van der Waals surface area contributed by atoms with Crippen molar-refractivity contribution in [2.45, 2.75) is 25.2 Å². The Morgan fingerprint density at radius 3 is 2.61 bits per heavy atom. The van der Waals surface area contributed by atoms with E-state index in [1.807, 2.05) is 40.9 Å². The van der Waals surface area contributed by atoms with Crippen LogP contribution in [0.5, 0.6) is 0 Å². The number of halogens is 2. The van der Waals surface area contributed by atoms with Gasteiger partial charge < -0.3 is 10.2 Å². The van der Waals surface area contributed by atoms with E-state index >= 15 is 0 Å². The molecular weight excluding hydrogens is 538 g/mol. The predicted octanol–water partition coefficient (Wildman–Crippen LogP) is 6.27. The maximum absolute atomic E-state index is 13.1. The molecule has 4 aromatic rings. The van der Waals surface area contributed by atoms with Crippen LogP contribution in [0.2, 0.25) is 5.02 Å². The monoisotopic (exact) mass is 563 g/mol. The zero-order valence-corrected chi connectivity index (χ0v) is 22.1. The van der Waals surface area contributed by atoms with Crippen molar-refractivity contribution in [3.8, 4) is 11.3 Å². The summed E-state index contributed by atoms with van der Waals surface area (Å²) >= 11 is 10.0.